The molecule has 0 bridgehead atoms. The van der Waals surface area contributed by atoms with Gasteiger partial charge in [0.2, 0.25) is 0 Å². The van der Waals surface area contributed by atoms with Crippen molar-refractivity contribution in [1.29, 1.82) is 0 Å². The Hall–Kier alpha value is -2.88. The van der Waals surface area contributed by atoms with Gasteiger partial charge in [-0.15, -0.1) is 29.1 Å². The first-order chi connectivity index (χ1) is 18.3. The van der Waals surface area contributed by atoms with Crippen LogP contribution in [-0.4, -0.2) is 20.9 Å². The summed E-state index contributed by atoms with van der Waals surface area (Å²) in [5.74, 6) is 0.547. The number of fused-ring (bicyclic) bond motifs is 3. The second-order valence-corrected chi connectivity index (χ2v) is 9.16. The van der Waals surface area contributed by atoms with Gasteiger partial charge in [0, 0.05) is 52.1 Å². The van der Waals surface area contributed by atoms with E-state index in [0.29, 0.717) is 22.5 Å². The molecule has 1 N–H and O–H groups in total. The molecule has 37 heavy (non-hydrogen) atoms. The Balaban J connectivity index is 0.000000233. The van der Waals surface area contributed by atoms with Crippen molar-refractivity contribution in [3.63, 3.8) is 0 Å². The predicted molar refractivity (Wildman–Crippen MR) is 148 cm³/mol. The summed E-state index contributed by atoms with van der Waals surface area (Å²) in [5, 5.41) is 11.6. The third-order valence-electron chi connectivity index (χ3n) is 6.98. The Morgan fingerprint density at radius 3 is 2.27 bits per heavy atom. The van der Waals surface area contributed by atoms with E-state index in [0.717, 1.165) is 47.5 Å². The van der Waals surface area contributed by atoms with Gasteiger partial charge in [-0.3, -0.25) is 14.8 Å². The van der Waals surface area contributed by atoms with Crippen molar-refractivity contribution in [2.45, 2.75) is 59.8 Å². The van der Waals surface area contributed by atoms with E-state index in [1.54, 1.807) is 0 Å². The van der Waals surface area contributed by atoms with Gasteiger partial charge in [0.1, 0.15) is 0 Å². The minimum Gasteiger partial charge on any atom is -0.512 e. The largest absolute Gasteiger partial charge is 0.512 e. The molecule has 1 aliphatic carbocycles. The molecule has 0 spiro atoms. The fourth-order valence-corrected chi connectivity index (χ4v) is 4.73. The molecular weight excluding hydrogens is 637 g/mol. The van der Waals surface area contributed by atoms with Crippen LogP contribution in [0.15, 0.2) is 66.4 Å². The van der Waals surface area contributed by atoms with Gasteiger partial charge in [0.05, 0.1) is 16.8 Å². The topological polar surface area (TPSA) is 63.1 Å². The summed E-state index contributed by atoms with van der Waals surface area (Å²) in [7, 11) is 0. The van der Waals surface area contributed by atoms with Crippen molar-refractivity contribution in [2.75, 3.05) is 0 Å². The maximum atomic E-state index is 11.7. The Morgan fingerprint density at radius 1 is 0.973 bits per heavy atom. The number of rotatable bonds is 7. The fourth-order valence-electron chi connectivity index (χ4n) is 4.73. The van der Waals surface area contributed by atoms with Crippen molar-refractivity contribution in [1.82, 2.24) is 9.97 Å². The number of aliphatic hydroxyl groups excluding tert-OH is 1. The van der Waals surface area contributed by atoms with E-state index in [2.05, 4.69) is 11.1 Å². The van der Waals surface area contributed by atoms with E-state index in [-0.39, 0.29) is 43.5 Å². The number of carbonyl (C=O) groups excluding carboxylic acids is 1. The molecule has 1 heterocycles. The third-order valence-corrected chi connectivity index (χ3v) is 6.98. The first kappa shape index (κ1) is 25.8. The van der Waals surface area contributed by atoms with Gasteiger partial charge in [0.25, 0.3) is 0 Å². The summed E-state index contributed by atoms with van der Waals surface area (Å²) in [6.45, 7) is 8.07. The molecule has 1 radical (unpaired) electrons. The van der Waals surface area contributed by atoms with Gasteiger partial charge in [-0.1, -0.05) is 69.0 Å². The standard InChI is InChI=1S/C19H11N2.C13H24O2.Ir/c1-2-10-16-15(9-1)20-17-11-13-7-3-5-12-6-4-8-14(18(12)13)19(17)21-16;1-5-10(6-2)12(14)9-13(15)11(7-3)8-4;/h1-7,9-10H,11H2;9-11,14H,5-8H2,1-4H3;/q-1;;/b;12-9-;/i11D2;;. The number of allylic oxidation sites excluding steroid dienone is 2. The van der Waals surface area contributed by atoms with Gasteiger partial charge >= 0.3 is 0 Å². The maximum Gasteiger partial charge on any atom is 0.162 e. The number of aromatic nitrogens is 2. The third kappa shape index (κ3) is 6.17. The minimum atomic E-state index is -1.67. The Labute approximate surface area is 236 Å². The fraction of sp³-hybridized carbons (Fsp3) is 0.344. The molecule has 195 valence electrons. The first-order valence-corrected chi connectivity index (χ1v) is 12.9. The molecule has 0 fully saturated rings. The van der Waals surface area contributed by atoms with Crippen LogP contribution in [-0.2, 0) is 31.3 Å². The molecule has 4 aromatic rings. The van der Waals surface area contributed by atoms with Crippen LogP contribution < -0.4 is 0 Å². The van der Waals surface area contributed by atoms with Crippen molar-refractivity contribution in [3.05, 3.63) is 83.8 Å². The number of ketones is 1. The molecule has 1 aliphatic rings. The number of para-hydroxylation sites is 2. The second kappa shape index (κ2) is 13.1. The Bertz CT molecular complexity index is 1490. The van der Waals surface area contributed by atoms with E-state index in [4.69, 9.17) is 7.73 Å². The van der Waals surface area contributed by atoms with Crippen LogP contribution in [0.3, 0.4) is 0 Å². The molecule has 0 aliphatic heterocycles. The summed E-state index contributed by atoms with van der Waals surface area (Å²) in [4.78, 5) is 21.0. The SMILES string of the molecule is CCC(CC)C(=O)/C=C(\O)C(CC)CC.[2H]C1([2H])c2nc3ccccc3nc2-c2[c-]ccc3cccc1c23.[Ir]. The number of hydrogen-bond donors (Lipinski definition) is 1. The van der Waals surface area contributed by atoms with Gasteiger partial charge in [-0.25, -0.2) is 0 Å². The van der Waals surface area contributed by atoms with Gasteiger partial charge < -0.3 is 5.11 Å². The van der Waals surface area contributed by atoms with Crippen LogP contribution >= 0.6 is 0 Å². The zero-order valence-electron chi connectivity index (χ0n) is 23.8. The molecule has 0 atom stereocenters. The molecule has 0 saturated carbocycles. The quantitative estimate of drug-likeness (QED) is 0.123. The van der Waals surface area contributed by atoms with Crippen LogP contribution in [0.1, 0.15) is 67.4 Å². The number of aliphatic hydroxyl groups is 1. The number of benzene rings is 3. The smallest absolute Gasteiger partial charge is 0.162 e. The molecule has 1 aromatic heterocycles. The summed E-state index contributed by atoms with van der Waals surface area (Å²) < 4.78 is 17.3. The van der Waals surface area contributed by atoms with Gasteiger partial charge in [0.15, 0.2) is 5.78 Å². The van der Waals surface area contributed by atoms with Crippen LogP contribution in [0.5, 0.6) is 0 Å². The van der Waals surface area contributed by atoms with E-state index >= 15 is 0 Å². The van der Waals surface area contributed by atoms with Crippen LogP contribution in [0, 0.1) is 17.9 Å². The molecule has 0 saturated heterocycles. The molecular formula is C32H35IrN2O2-. The summed E-state index contributed by atoms with van der Waals surface area (Å²) in [5.41, 5.74) is 3.92. The maximum absolute atomic E-state index is 11.7. The summed E-state index contributed by atoms with van der Waals surface area (Å²) in [6, 6.07) is 20.3. The molecule has 5 heteroatoms. The Morgan fingerprint density at radius 2 is 1.62 bits per heavy atom. The zero-order valence-corrected chi connectivity index (χ0v) is 24.2. The average Bonchev–Trinajstić information content (AvgIpc) is 2.92. The van der Waals surface area contributed by atoms with Crippen LogP contribution in [0.25, 0.3) is 33.1 Å². The Kier molecular flexibility index (Phi) is 9.10. The molecule has 0 unspecified atom stereocenters. The second-order valence-electron chi connectivity index (χ2n) is 9.16. The molecule has 5 rings (SSSR count). The predicted octanol–water partition coefficient (Wildman–Crippen LogP) is 8.02. The summed E-state index contributed by atoms with van der Waals surface area (Å²) in [6.07, 6.45) is 3.23. The van der Waals surface area contributed by atoms with Crippen molar-refractivity contribution >= 4 is 27.6 Å². The van der Waals surface area contributed by atoms with Crippen molar-refractivity contribution in [3.8, 4) is 11.3 Å². The van der Waals surface area contributed by atoms with E-state index in [1.165, 1.54) is 6.08 Å². The monoisotopic (exact) mass is 674 g/mol. The zero-order chi connectivity index (χ0) is 27.4. The normalized spacial score (nSPS) is 14.4. The number of carbonyl (C=O) groups is 1. The van der Waals surface area contributed by atoms with Gasteiger partial charge in [-0.2, -0.15) is 0 Å². The number of hydrogen-bond acceptors (Lipinski definition) is 4. The average molecular weight is 674 g/mol. The summed E-state index contributed by atoms with van der Waals surface area (Å²) >= 11 is 0. The van der Waals surface area contributed by atoms with Crippen molar-refractivity contribution < 1.29 is 32.7 Å². The molecule has 4 nitrogen and oxygen atoms in total. The van der Waals surface area contributed by atoms with Crippen molar-refractivity contribution in [2.24, 2.45) is 11.8 Å². The molecule has 3 aromatic carbocycles. The minimum absolute atomic E-state index is 0. The van der Waals surface area contributed by atoms with E-state index in [1.807, 2.05) is 82.3 Å². The van der Waals surface area contributed by atoms with Crippen LogP contribution in [0.4, 0.5) is 0 Å². The number of nitrogens with zero attached hydrogens (tertiary/aromatic N) is 2. The van der Waals surface area contributed by atoms with Gasteiger partial charge in [-0.05, 0) is 44.2 Å². The van der Waals surface area contributed by atoms with Crippen LogP contribution in [0.2, 0.25) is 0 Å². The van der Waals surface area contributed by atoms with E-state index < -0.39 is 6.37 Å². The first-order valence-electron chi connectivity index (χ1n) is 13.9. The van der Waals surface area contributed by atoms with E-state index in [9.17, 15) is 9.90 Å². The molecule has 0 amide bonds.